The van der Waals surface area contributed by atoms with E-state index >= 15 is 0 Å². The summed E-state index contributed by atoms with van der Waals surface area (Å²) in [6.07, 6.45) is 12.7. The fraction of sp³-hybridized carbons (Fsp3) is 0.895. The van der Waals surface area contributed by atoms with E-state index in [1.807, 2.05) is 0 Å². The molecule has 0 bridgehead atoms. The first-order chi connectivity index (χ1) is 11.1. The molecule has 1 saturated carbocycles. The van der Waals surface area contributed by atoms with Crippen molar-refractivity contribution in [2.24, 2.45) is 5.92 Å². The minimum atomic E-state index is 0.561. The van der Waals surface area contributed by atoms with Crippen molar-refractivity contribution in [2.45, 2.75) is 90.1 Å². The average molecular weight is 319 g/mol. The van der Waals surface area contributed by atoms with Crippen molar-refractivity contribution in [2.75, 3.05) is 13.1 Å². The fourth-order valence-electron chi connectivity index (χ4n) is 4.23. The molecule has 2 aliphatic rings. The summed E-state index contributed by atoms with van der Waals surface area (Å²) in [6.45, 7) is 9.47. The highest BCUT2D eigenvalue weighted by molar-refractivity contribution is 5.04. The summed E-state index contributed by atoms with van der Waals surface area (Å²) in [6, 6.07) is 1.29. The summed E-state index contributed by atoms with van der Waals surface area (Å²) >= 11 is 0. The molecule has 1 saturated heterocycles. The zero-order valence-corrected chi connectivity index (χ0v) is 15.2. The maximum Gasteiger partial charge on any atom is 0.0858 e. The van der Waals surface area contributed by atoms with E-state index in [0.717, 1.165) is 12.0 Å². The zero-order chi connectivity index (χ0) is 16.2. The molecule has 0 radical (unpaired) electrons. The number of nitrogens with zero attached hydrogens (tertiary/aromatic N) is 4. The van der Waals surface area contributed by atoms with Crippen molar-refractivity contribution in [1.82, 2.24) is 19.9 Å². The van der Waals surface area contributed by atoms with Crippen LogP contribution in [0.4, 0.5) is 0 Å². The molecular weight excluding hydrogens is 284 g/mol. The number of rotatable bonds is 6. The molecule has 0 spiro atoms. The van der Waals surface area contributed by atoms with Gasteiger partial charge in [-0.3, -0.25) is 0 Å². The third kappa shape index (κ3) is 4.34. The quantitative estimate of drug-likeness (QED) is 0.779. The number of piperidine rings is 1. The predicted molar refractivity (Wildman–Crippen MR) is 94.6 cm³/mol. The number of likely N-dealkylation sites (tertiary alicyclic amines) is 1. The summed E-state index contributed by atoms with van der Waals surface area (Å²) < 4.78 is 2.17. The molecule has 2 fully saturated rings. The molecule has 0 unspecified atom stereocenters. The maximum atomic E-state index is 4.48. The molecular formula is C19H34N4. The summed E-state index contributed by atoms with van der Waals surface area (Å²) in [5.41, 5.74) is 1.25. The van der Waals surface area contributed by atoms with Crippen LogP contribution in [0.25, 0.3) is 0 Å². The van der Waals surface area contributed by atoms with Crippen LogP contribution in [0.2, 0.25) is 0 Å². The monoisotopic (exact) mass is 318 g/mol. The second-order valence-electron chi connectivity index (χ2n) is 8.19. The number of hydrogen-bond acceptors (Lipinski definition) is 3. The molecule has 1 aromatic rings. The Hall–Kier alpha value is -0.900. The molecule has 4 nitrogen and oxygen atoms in total. The Morgan fingerprint density at radius 2 is 1.74 bits per heavy atom. The van der Waals surface area contributed by atoms with Crippen molar-refractivity contribution in [3.8, 4) is 0 Å². The van der Waals surface area contributed by atoms with Gasteiger partial charge in [-0.2, -0.15) is 0 Å². The lowest BCUT2D eigenvalue weighted by atomic mass is 9.99. The van der Waals surface area contributed by atoms with E-state index in [9.17, 15) is 0 Å². The van der Waals surface area contributed by atoms with Crippen LogP contribution in [0.5, 0.6) is 0 Å². The van der Waals surface area contributed by atoms with Crippen molar-refractivity contribution in [3.05, 3.63) is 11.9 Å². The van der Waals surface area contributed by atoms with Gasteiger partial charge < -0.3 is 4.90 Å². The highest BCUT2D eigenvalue weighted by Gasteiger charge is 2.26. The van der Waals surface area contributed by atoms with E-state index in [1.54, 1.807) is 0 Å². The van der Waals surface area contributed by atoms with E-state index in [-0.39, 0.29) is 0 Å². The lowest BCUT2D eigenvalue weighted by Gasteiger charge is -2.36. The Morgan fingerprint density at radius 3 is 2.39 bits per heavy atom. The molecule has 1 aromatic heterocycles. The molecule has 130 valence electrons. The minimum absolute atomic E-state index is 0.561. The van der Waals surface area contributed by atoms with Crippen LogP contribution in [-0.4, -0.2) is 39.0 Å². The van der Waals surface area contributed by atoms with Crippen LogP contribution >= 0.6 is 0 Å². The molecule has 23 heavy (non-hydrogen) atoms. The first-order valence-corrected chi connectivity index (χ1v) is 9.79. The molecule has 0 N–H and O–H groups in total. The van der Waals surface area contributed by atoms with Gasteiger partial charge in [0.2, 0.25) is 0 Å². The summed E-state index contributed by atoms with van der Waals surface area (Å²) in [5.74, 6) is 1.50. The van der Waals surface area contributed by atoms with Crippen LogP contribution < -0.4 is 0 Å². The van der Waals surface area contributed by atoms with Crippen LogP contribution in [0, 0.1) is 5.92 Å². The first kappa shape index (κ1) is 16.9. The van der Waals surface area contributed by atoms with Crippen LogP contribution in [0.1, 0.15) is 89.8 Å². The number of aromatic nitrogens is 3. The van der Waals surface area contributed by atoms with Crippen LogP contribution in [0.15, 0.2) is 6.20 Å². The fourth-order valence-corrected chi connectivity index (χ4v) is 4.23. The third-order valence-corrected chi connectivity index (χ3v) is 5.96. The smallest absolute Gasteiger partial charge is 0.0858 e. The van der Waals surface area contributed by atoms with E-state index in [0.29, 0.717) is 12.0 Å². The van der Waals surface area contributed by atoms with Crippen molar-refractivity contribution in [1.29, 1.82) is 0 Å². The van der Waals surface area contributed by atoms with Gasteiger partial charge in [0.1, 0.15) is 0 Å². The van der Waals surface area contributed by atoms with Gasteiger partial charge in [0, 0.05) is 31.2 Å². The van der Waals surface area contributed by atoms with Gasteiger partial charge in [-0.25, -0.2) is 4.68 Å². The molecule has 4 heteroatoms. The third-order valence-electron chi connectivity index (χ3n) is 5.96. The highest BCUT2D eigenvalue weighted by Crippen LogP contribution is 2.33. The number of hydrogen-bond donors (Lipinski definition) is 0. The van der Waals surface area contributed by atoms with Gasteiger partial charge in [0.25, 0.3) is 0 Å². The van der Waals surface area contributed by atoms with Crippen molar-refractivity contribution < 1.29 is 0 Å². The molecule has 1 aliphatic carbocycles. The summed E-state index contributed by atoms with van der Waals surface area (Å²) in [7, 11) is 0. The van der Waals surface area contributed by atoms with Crippen LogP contribution in [-0.2, 0) is 0 Å². The maximum absolute atomic E-state index is 4.48. The Kier molecular flexibility index (Phi) is 5.73. The van der Waals surface area contributed by atoms with Gasteiger partial charge in [-0.05, 0) is 51.4 Å². The lowest BCUT2D eigenvalue weighted by molar-refractivity contribution is 0.129. The lowest BCUT2D eigenvalue weighted by Crippen LogP contribution is -2.40. The van der Waals surface area contributed by atoms with Crippen LogP contribution in [0.3, 0.4) is 0 Å². The van der Waals surface area contributed by atoms with Gasteiger partial charge in [0.15, 0.2) is 0 Å². The van der Waals surface area contributed by atoms with Crippen molar-refractivity contribution >= 4 is 0 Å². The van der Waals surface area contributed by atoms with Gasteiger partial charge >= 0.3 is 0 Å². The Balaban J connectivity index is 1.48. The Labute approximate surface area is 141 Å². The Morgan fingerprint density at radius 1 is 1.04 bits per heavy atom. The van der Waals surface area contributed by atoms with E-state index in [2.05, 4.69) is 46.9 Å². The molecule has 1 aliphatic heterocycles. The summed E-state index contributed by atoms with van der Waals surface area (Å²) in [4.78, 5) is 2.67. The van der Waals surface area contributed by atoms with Gasteiger partial charge in [-0.15, -0.1) is 5.10 Å². The predicted octanol–water partition coefficient (Wildman–Crippen LogP) is 4.40. The molecule has 1 atom stereocenters. The Bertz CT molecular complexity index is 467. The second-order valence-corrected chi connectivity index (χ2v) is 8.19. The SMILES string of the molecule is CC(C)CC[C@@H](C)N1CCC(n2cc(C3CCCC3)nn2)CC1. The highest BCUT2D eigenvalue weighted by atomic mass is 15.4. The van der Waals surface area contributed by atoms with E-state index < -0.39 is 0 Å². The second kappa shape index (κ2) is 7.78. The first-order valence-electron chi connectivity index (χ1n) is 9.79. The molecule has 0 aromatic carbocycles. The van der Waals surface area contributed by atoms with Gasteiger partial charge in [-0.1, -0.05) is 31.9 Å². The molecule has 0 amide bonds. The molecule has 2 heterocycles. The van der Waals surface area contributed by atoms with E-state index in [1.165, 1.54) is 70.2 Å². The van der Waals surface area contributed by atoms with E-state index in [4.69, 9.17) is 0 Å². The van der Waals surface area contributed by atoms with Crippen molar-refractivity contribution in [3.63, 3.8) is 0 Å². The minimum Gasteiger partial charge on any atom is -0.301 e. The van der Waals surface area contributed by atoms with Gasteiger partial charge in [0.05, 0.1) is 11.7 Å². The average Bonchev–Trinajstić information content (AvgIpc) is 3.23. The normalized spacial score (nSPS) is 23.0. The standard InChI is InChI=1S/C19H34N4/c1-15(2)8-9-16(3)22-12-10-18(11-13-22)23-14-19(20-21-23)17-6-4-5-7-17/h14-18H,4-13H2,1-3H3/t16-/m1/s1. The topological polar surface area (TPSA) is 34.0 Å². The zero-order valence-electron chi connectivity index (χ0n) is 15.2. The molecule has 3 rings (SSSR count). The summed E-state index contributed by atoms with van der Waals surface area (Å²) in [5, 5.41) is 8.94. The largest absolute Gasteiger partial charge is 0.301 e.